The lowest BCUT2D eigenvalue weighted by molar-refractivity contribution is -0.145. The molecule has 0 spiro atoms. The van der Waals surface area contributed by atoms with Crippen molar-refractivity contribution >= 4 is 24.7 Å². The van der Waals surface area contributed by atoms with E-state index >= 15 is 0 Å². The van der Waals surface area contributed by atoms with Crippen LogP contribution in [-0.4, -0.2) is 19.2 Å². The first-order valence-electron chi connectivity index (χ1n) is 6.50. The molecule has 4 heteroatoms. The standard InChI is InChI=1S/C16H17O3P/c1-2-18-16(17)13-19-20(14-9-5-3-6-10-14)15-11-7-4-8-12-15/h3-12H,2,13H2,1H3. The first kappa shape index (κ1) is 14.7. The van der Waals surface area contributed by atoms with E-state index in [-0.39, 0.29) is 12.6 Å². The molecule has 0 aliphatic carbocycles. The Morgan fingerprint density at radius 2 is 1.45 bits per heavy atom. The zero-order chi connectivity index (χ0) is 14.2. The number of esters is 1. The number of carbonyl (C=O) groups is 1. The summed E-state index contributed by atoms with van der Waals surface area (Å²) in [5, 5.41) is 2.16. The minimum Gasteiger partial charge on any atom is -0.464 e. The van der Waals surface area contributed by atoms with Gasteiger partial charge in [0.05, 0.1) is 14.8 Å². The van der Waals surface area contributed by atoms with Crippen LogP contribution in [0.4, 0.5) is 0 Å². The van der Waals surface area contributed by atoms with Crippen LogP contribution in [0.5, 0.6) is 0 Å². The molecule has 0 N–H and O–H groups in total. The van der Waals surface area contributed by atoms with Crippen LogP contribution in [0.15, 0.2) is 60.7 Å². The van der Waals surface area contributed by atoms with Crippen LogP contribution in [0, 0.1) is 0 Å². The fourth-order valence-electron chi connectivity index (χ4n) is 1.74. The number of benzene rings is 2. The molecule has 0 radical (unpaired) electrons. The Morgan fingerprint density at radius 3 is 1.90 bits per heavy atom. The number of carbonyl (C=O) groups excluding carboxylic acids is 1. The summed E-state index contributed by atoms with van der Waals surface area (Å²) in [7, 11) is -0.995. The maximum Gasteiger partial charge on any atom is 0.332 e. The van der Waals surface area contributed by atoms with Gasteiger partial charge in [-0.15, -0.1) is 0 Å². The highest BCUT2D eigenvalue weighted by Gasteiger charge is 2.16. The van der Waals surface area contributed by atoms with Gasteiger partial charge in [0.15, 0.2) is 0 Å². The second-order valence-corrected chi connectivity index (χ2v) is 5.92. The van der Waals surface area contributed by atoms with Gasteiger partial charge in [-0.1, -0.05) is 60.7 Å². The van der Waals surface area contributed by atoms with Gasteiger partial charge in [0.1, 0.15) is 6.61 Å². The molecule has 0 bridgehead atoms. The predicted molar refractivity (Wildman–Crippen MR) is 81.7 cm³/mol. The molecule has 2 aromatic carbocycles. The van der Waals surface area contributed by atoms with Gasteiger partial charge in [0, 0.05) is 10.6 Å². The van der Waals surface area contributed by atoms with Crippen LogP contribution in [0.25, 0.3) is 0 Å². The topological polar surface area (TPSA) is 35.5 Å². The molecule has 104 valence electrons. The van der Waals surface area contributed by atoms with E-state index in [4.69, 9.17) is 9.26 Å². The average molecular weight is 288 g/mol. The van der Waals surface area contributed by atoms with E-state index in [2.05, 4.69) is 0 Å². The summed E-state index contributed by atoms with van der Waals surface area (Å²) in [6, 6.07) is 19.9. The van der Waals surface area contributed by atoms with E-state index in [1.165, 1.54) is 0 Å². The Kier molecular flexibility index (Phi) is 5.72. The summed E-state index contributed by atoms with van der Waals surface area (Å²) >= 11 is 0. The quantitative estimate of drug-likeness (QED) is 0.605. The van der Waals surface area contributed by atoms with E-state index in [1.807, 2.05) is 60.7 Å². The third-order valence-corrected chi connectivity index (χ3v) is 4.52. The molecule has 0 amide bonds. The molecule has 0 aliphatic heterocycles. The second kappa shape index (κ2) is 7.78. The minimum absolute atomic E-state index is 0.0245. The van der Waals surface area contributed by atoms with Crippen molar-refractivity contribution in [2.75, 3.05) is 13.2 Å². The molecule has 0 fully saturated rings. The van der Waals surface area contributed by atoms with Crippen LogP contribution in [0.1, 0.15) is 6.92 Å². The van der Waals surface area contributed by atoms with Gasteiger partial charge in [-0.05, 0) is 6.92 Å². The normalized spacial score (nSPS) is 10.5. The van der Waals surface area contributed by atoms with Gasteiger partial charge in [0.25, 0.3) is 0 Å². The third kappa shape index (κ3) is 4.16. The molecule has 0 heterocycles. The maximum absolute atomic E-state index is 11.5. The molecule has 0 aromatic heterocycles. The highest BCUT2D eigenvalue weighted by Crippen LogP contribution is 2.34. The monoisotopic (exact) mass is 288 g/mol. The van der Waals surface area contributed by atoms with E-state index in [9.17, 15) is 4.79 Å². The first-order valence-corrected chi connectivity index (χ1v) is 7.76. The lowest BCUT2D eigenvalue weighted by Crippen LogP contribution is -2.18. The molecular weight excluding hydrogens is 271 g/mol. The van der Waals surface area contributed by atoms with Crippen LogP contribution < -0.4 is 10.6 Å². The molecule has 0 atom stereocenters. The fraction of sp³-hybridized carbons (Fsp3) is 0.188. The second-order valence-electron chi connectivity index (χ2n) is 4.04. The number of hydrogen-bond acceptors (Lipinski definition) is 3. The van der Waals surface area contributed by atoms with E-state index in [0.717, 1.165) is 10.6 Å². The van der Waals surface area contributed by atoms with Crippen LogP contribution in [0.3, 0.4) is 0 Å². The van der Waals surface area contributed by atoms with Gasteiger partial charge < -0.3 is 9.26 Å². The summed E-state index contributed by atoms with van der Waals surface area (Å²) in [4.78, 5) is 11.5. The molecule has 0 saturated heterocycles. The summed E-state index contributed by atoms with van der Waals surface area (Å²) in [5.41, 5.74) is 0. The fourth-order valence-corrected chi connectivity index (χ4v) is 3.46. The Labute approximate surface area is 120 Å². The van der Waals surface area contributed by atoms with Gasteiger partial charge in [0.2, 0.25) is 0 Å². The summed E-state index contributed by atoms with van der Waals surface area (Å²) < 4.78 is 10.7. The van der Waals surface area contributed by atoms with Crippen molar-refractivity contribution < 1.29 is 14.1 Å². The third-order valence-electron chi connectivity index (χ3n) is 2.60. The molecule has 3 nitrogen and oxygen atoms in total. The largest absolute Gasteiger partial charge is 0.464 e. The summed E-state index contributed by atoms with van der Waals surface area (Å²) in [5.74, 6) is -0.327. The van der Waals surface area contributed by atoms with Crippen molar-refractivity contribution in [2.45, 2.75) is 6.92 Å². The molecule has 0 saturated carbocycles. The van der Waals surface area contributed by atoms with Crippen molar-refractivity contribution in [1.29, 1.82) is 0 Å². The summed E-state index contributed by atoms with van der Waals surface area (Å²) in [6.07, 6.45) is 0. The molecule has 2 aromatic rings. The molecule has 0 aliphatic rings. The maximum atomic E-state index is 11.5. The van der Waals surface area contributed by atoms with Gasteiger partial charge in [-0.2, -0.15) is 0 Å². The Hall–Kier alpha value is -1.70. The van der Waals surface area contributed by atoms with Crippen molar-refractivity contribution in [1.82, 2.24) is 0 Å². The van der Waals surface area contributed by atoms with Crippen LogP contribution in [-0.2, 0) is 14.1 Å². The van der Waals surface area contributed by atoms with Gasteiger partial charge in [-0.25, -0.2) is 4.79 Å². The highest BCUT2D eigenvalue weighted by molar-refractivity contribution is 7.68. The van der Waals surface area contributed by atoms with E-state index in [0.29, 0.717) is 6.61 Å². The average Bonchev–Trinajstić information content (AvgIpc) is 2.50. The van der Waals surface area contributed by atoms with Crippen molar-refractivity contribution in [3.63, 3.8) is 0 Å². The highest BCUT2D eigenvalue weighted by atomic mass is 31.1. The van der Waals surface area contributed by atoms with Crippen LogP contribution >= 0.6 is 8.15 Å². The molecule has 20 heavy (non-hydrogen) atoms. The zero-order valence-electron chi connectivity index (χ0n) is 11.4. The number of rotatable bonds is 6. The smallest absolute Gasteiger partial charge is 0.332 e. The van der Waals surface area contributed by atoms with Gasteiger partial charge in [-0.3, -0.25) is 0 Å². The zero-order valence-corrected chi connectivity index (χ0v) is 12.3. The van der Waals surface area contributed by atoms with Gasteiger partial charge >= 0.3 is 5.97 Å². The summed E-state index contributed by atoms with van der Waals surface area (Å²) in [6.45, 7) is 2.13. The van der Waals surface area contributed by atoms with Crippen molar-refractivity contribution in [3.8, 4) is 0 Å². The predicted octanol–water partition coefficient (Wildman–Crippen LogP) is 2.61. The molecule has 0 unspecified atom stereocenters. The number of hydrogen-bond donors (Lipinski definition) is 0. The Morgan fingerprint density at radius 1 is 0.950 bits per heavy atom. The van der Waals surface area contributed by atoms with Crippen LogP contribution in [0.2, 0.25) is 0 Å². The Bertz CT molecular complexity index is 488. The SMILES string of the molecule is CCOC(=O)COP(c1ccccc1)c1ccccc1. The minimum atomic E-state index is -0.995. The number of ether oxygens (including phenoxy) is 1. The van der Waals surface area contributed by atoms with E-state index in [1.54, 1.807) is 6.92 Å². The molecule has 2 rings (SSSR count). The first-order chi connectivity index (χ1) is 9.81. The molecular formula is C16H17O3P. The Balaban J connectivity index is 2.15. The van der Waals surface area contributed by atoms with Crippen molar-refractivity contribution in [3.05, 3.63) is 60.7 Å². The lowest BCUT2D eigenvalue weighted by atomic mass is 10.4. The lowest BCUT2D eigenvalue weighted by Gasteiger charge is -2.17. The van der Waals surface area contributed by atoms with E-state index < -0.39 is 8.15 Å². The van der Waals surface area contributed by atoms with Crippen molar-refractivity contribution in [2.24, 2.45) is 0 Å².